The number of ether oxygens (including phenoxy) is 1. The molecule has 0 atom stereocenters. The Morgan fingerprint density at radius 2 is 2.04 bits per heavy atom. The first-order valence-electron chi connectivity index (χ1n) is 7.97. The first-order valence-corrected chi connectivity index (χ1v) is 8.85. The van der Waals surface area contributed by atoms with Crippen LogP contribution in [0.3, 0.4) is 0 Å². The van der Waals surface area contributed by atoms with Crippen molar-refractivity contribution in [1.82, 2.24) is 19.7 Å². The molecule has 146 valence electrons. The molecular weight excluding hydrogens is 389 g/mol. The van der Waals surface area contributed by atoms with Crippen LogP contribution in [0.15, 0.2) is 17.6 Å². The van der Waals surface area contributed by atoms with Crippen LogP contribution >= 0.6 is 11.3 Å². The number of alkyl halides is 3. The number of aromatic nitrogens is 3. The Kier molecular flexibility index (Phi) is 5.35. The first kappa shape index (κ1) is 19.1. The van der Waals surface area contributed by atoms with E-state index < -0.39 is 18.0 Å². The summed E-state index contributed by atoms with van der Waals surface area (Å²) < 4.78 is 43.1. The van der Waals surface area contributed by atoms with Crippen LogP contribution in [0.25, 0.3) is 0 Å². The molecule has 1 saturated heterocycles. The summed E-state index contributed by atoms with van der Waals surface area (Å²) in [5, 5.41) is 14.2. The van der Waals surface area contributed by atoms with Crippen LogP contribution in [0.5, 0.6) is 5.88 Å². The largest absolute Gasteiger partial charge is 0.512 e. The van der Waals surface area contributed by atoms with Gasteiger partial charge in [-0.1, -0.05) is 0 Å². The van der Waals surface area contributed by atoms with E-state index >= 15 is 0 Å². The number of amides is 1. The van der Waals surface area contributed by atoms with Gasteiger partial charge in [-0.05, 0) is 18.9 Å². The molecule has 1 aliphatic rings. The van der Waals surface area contributed by atoms with Crippen molar-refractivity contribution >= 4 is 23.4 Å². The van der Waals surface area contributed by atoms with E-state index in [1.165, 1.54) is 16.7 Å². The first-order chi connectivity index (χ1) is 12.7. The Morgan fingerprint density at radius 3 is 2.63 bits per heavy atom. The maximum Gasteiger partial charge on any atom is 0.512 e. The van der Waals surface area contributed by atoms with Gasteiger partial charge >= 0.3 is 12.3 Å². The molecule has 1 N–H and O–H groups in total. The highest BCUT2D eigenvalue weighted by atomic mass is 32.1. The van der Waals surface area contributed by atoms with E-state index in [0.717, 1.165) is 22.0 Å². The van der Waals surface area contributed by atoms with Crippen LogP contribution in [0.4, 0.5) is 18.0 Å². The Labute approximate surface area is 155 Å². The van der Waals surface area contributed by atoms with Crippen LogP contribution in [0, 0.1) is 0 Å². The van der Waals surface area contributed by atoms with Crippen molar-refractivity contribution in [3.05, 3.63) is 28.3 Å². The monoisotopic (exact) mass is 404 g/mol. The number of carbonyl (C=O) groups excluding carboxylic acids is 1. The Balaban J connectivity index is 1.52. The van der Waals surface area contributed by atoms with E-state index in [1.54, 1.807) is 4.90 Å². The number of thiazole rings is 1. The molecule has 0 bridgehead atoms. The predicted octanol–water partition coefficient (Wildman–Crippen LogP) is 2.82. The fourth-order valence-corrected chi connectivity index (χ4v) is 3.70. The van der Waals surface area contributed by atoms with Crippen molar-refractivity contribution in [1.29, 1.82) is 0 Å². The van der Waals surface area contributed by atoms with Gasteiger partial charge in [0.05, 0.1) is 10.4 Å². The van der Waals surface area contributed by atoms with Crippen LogP contribution in [-0.4, -0.2) is 49.9 Å². The molecule has 27 heavy (non-hydrogen) atoms. The molecule has 0 saturated carbocycles. The zero-order valence-corrected chi connectivity index (χ0v) is 14.7. The van der Waals surface area contributed by atoms with E-state index in [4.69, 9.17) is 5.11 Å². The second-order valence-electron chi connectivity index (χ2n) is 5.94. The van der Waals surface area contributed by atoms with Crippen molar-refractivity contribution < 1.29 is 32.6 Å². The standard InChI is InChI=1S/C15H15F3N4O4S/c16-15(17,18)10-3-6-22(20-10)7-12(23)21-4-1-9(2-5-21)13-19-11(8-27-13)26-14(24)25/h3,6,8-9H,1-2,4-5,7H2,(H,24,25). The minimum absolute atomic E-state index is 0.0279. The quantitative estimate of drug-likeness (QED) is 0.787. The summed E-state index contributed by atoms with van der Waals surface area (Å²) in [6.45, 7) is 0.617. The van der Waals surface area contributed by atoms with Gasteiger partial charge in [0.1, 0.15) is 6.54 Å². The molecule has 8 nitrogen and oxygen atoms in total. The second kappa shape index (κ2) is 7.55. The molecule has 0 radical (unpaired) electrons. The molecule has 12 heteroatoms. The number of nitrogens with zero attached hydrogens (tertiary/aromatic N) is 4. The molecule has 0 aromatic carbocycles. The molecule has 3 rings (SSSR count). The minimum atomic E-state index is -4.54. The number of hydrogen-bond acceptors (Lipinski definition) is 6. The molecule has 1 aliphatic heterocycles. The lowest BCUT2D eigenvalue weighted by molar-refractivity contribution is -0.142. The van der Waals surface area contributed by atoms with Gasteiger partial charge < -0.3 is 14.7 Å². The maximum atomic E-state index is 12.6. The lowest BCUT2D eigenvalue weighted by Crippen LogP contribution is -2.39. The molecule has 0 aliphatic carbocycles. The summed E-state index contributed by atoms with van der Waals surface area (Å²) >= 11 is 1.29. The topological polar surface area (TPSA) is 97.6 Å². The van der Waals surface area contributed by atoms with Gasteiger partial charge in [-0.2, -0.15) is 18.3 Å². The van der Waals surface area contributed by atoms with Crippen LogP contribution < -0.4 is 4.74 Å². The van der Waals surface area contributed by atoms with Gasteiger partial charge in [-0.25, -0.2) is 9.78 Å². The van der Waals surface area contributed by atoms with Crippen molar-refractivity contribution in [2.24, 2.45) is 0 Å². The SMILES string of the molecule is O=C(O)Oc1csc(C2CCN(C(=O)Cn3ccc(C(F)(F)F)n3)CC2)n1. The fraction of sp³-hybridized carbons (Fsp3) is 0.467. The molecule has 1 fully saturated rings. The lowest BCUT2D eigenvalue weighted by atomic mass is 9.97. The third kappa shape index (κ3) is 4.76. The highest BCUT2D eigenvalue weighted by Gasteiger charge is 2.34. The third-order valence-corrected chi connectivity index (χ3v) is 5.10. The highest BCUT2D eigenvalue weighted by Crippen LogP contribution is 2.32. The highest BCUT2D eigenvalue weighted by molar-refractivity contribution is 7.09. The maximum absolute atomic E-state index is 12.6. The van der Waals surface area contributed by atoms with E-state index in [1.807, 2.05) is 0 Å². The number of carboxylic acid groups (broad SMARTS) is 1. The molecular formula is C15H15F3N4O4S. The lowest BCUT2D eigenvalue weighted by Gasteiger charge is -2.31. The number of carbonyl (C=O) groups is 2. The summed E-state index contributed by atoms with van der Waals surface area (Å²) in [4.78, 5) is 28.5. The van der Waals surface area contributed by atoms with E-state index in [0.29, 0.717) is 25.9 Å². The number of piperidine rings is 1. The van der Waals surface area contributed by atoms with Crippen molar-refractivity contribution in [2.45, 2.75) is 31.5 Å². The van der Waals surface area contributed by atoms with Crippen molar-refractivity contribution in [3.8, 4) is 5.88 Å². The summed E-state index contributed by atoms with van der Waals surface area (Å²) in [6.07, 6.45) is -3.59. The summed E-state index contributed by atoms with van der Waals surface area (Å²) in [5.41, 5.74) is -1.03. The van der Waals surface area contributed by atoms with Crippen LogP contribution in [0.2, 0.25) is 0 Å². The summed E-state index contributed by atoms with van der Waals surface area (Å²) in [6, 6.07) is 0.832. The van der Waals surface area contributed by atoms with E-state index in [9.17, 15) is 22.8 Å². The normalized spacial score (nSPS) is 15.7. The van der Waals surface area contributed by atoms with Gasteiger partial charge in [0.25, 0.3) is 0 Å². The zero-order valence-electron chi connectivity index (χ0n) is 13.8. The molecule has 0 unspecified atom stereocenters. The van der Waals surface area contributed by atoms with Gasteiger partial charge in [-0.15, -0.1) is 11.3 Å². The van der Waals surface area contributed by atoms with Gasteiger partial charge in [0.15, 0.2) is 5.69 Å². The third-order valence-electron chi connectivity index (χ3n) is 4.12. The smallest absolute Gasteiger partial charge is 0.449 e. The average Bonchev–Trinajstić information content (AvgIpc) is 3.23. The molecule has 2 aromatic heterocycles. The minimum Gasteiger partial charge on any atom is -0.449 e. The fourth-order valence-electron chi connectivity index (χ4n) is 2.81. The van der Waals surface area contributed by atoms with Gasteiger partial charge in [0, 0.05) is 25.2 Å². The predicted molar refractivity (Wildman–Crippen MR) is 86.6 cm³/mol. The Bertz CT molecular complexity index is 827. The Morgan fingerprint density at radius 1 is 1.33 bits per heavy atom. The molecule has 0 spiro atoms. The van der Waals surface area contributed by atoms with E-state index in [-0.39, 0.29) is 24.2 Å². The van der Waals surface area contributed by atoms with Crippen LogP contribution in [-0.2, 0) is 17.5 Å². The number of halogens is 3. The summed E-state index contributed by atoms with van der Waals surface area (Å²) in [5.74, 6) is -0.203. The molecule has 1 amide bonds. The van der Waals surface area contributed by atoms with E-state index in [2.05, 4.69) is 14.8 Å². The van der Waals surface area contributed by atoms with Gasteiger partial charge in [-0.3, -0.25) is 9.48 Å². The number of likely N-dealkylation sites (tertiary alicyclic amines) is 1. The average molecular weight is 404 g/mol. The van der Waals surface area contributed by atoms with Crippen molar-refractivity contribution in [3.63, 3.8) is 0 Å². The summed E-state index contributed by atoms with van der Waals surface area (Å²) in [7, 11) is 0. The number of rotatable bonds is 4. The molecule has 2 aromatic rings. The van der Waals surface area contributed by atoms with Crippen molar-refractivity contribution in [2.75, 3.05) is 13.1 Å². The van der Waals surface area contributed by atoms with Gasteiger partial charge in [0.2, 0.25) is 11.8 Å². The number of hydrogen-bond donors (Lipinski definition) is 1. The van der Waals surface area contributed by atoms with Crippen LogP contribution in [0.1, 0.15) is 29.5 Å². The zero-order chi connectivity index (χ0) is 19.6. The Hall–Kier alpha value is -2.63. The molecule has 3 heterocycles. The second-order valence-corrected chi connectivity index (χ2v) is 6.83.